The normalized spacial score (nSPS) is 14.7. The molecule has 134 valence electrons. The van der Waals surface area contributed by atoms with Crippen molar-refractivity contribution in [1.82, 2.24) is 5.32 Å². The van der Waals surface area contributed by atoms with Crippen molar-refractivity contribution in [3.05, 3.63) is 58.4 Å². The molecule has 0 bridgehead atoms. The minimum Gasteiger partial charge on any atom is -0.493 e. The lowest BCUT2D eigenvalue weighted by Crippen LogP contribution is -2.25. The Balaban J connectivity index is 1.76. The number of nitrogens with one attached hydrogen (secondary N) is 1. The van der Waals surface area contributed by atoms with Gasteiger partial charge in [0.25, 0.3) is 0 Å². The molecule has 3 rings (SSSR count). The van der Waals surface area contributed by atoms with Crippen LogP contribution in [0.3, 0.4) is 0 Å². The van der Waals surface area contributed by atoms with Gasteiger partial charge in [0.2, 0.25) is 0 Å². The summed E-state index contributed by atoms with van der Waals surface area (Å²) in [5.74, 6) is 0.904. The topological polar surface area (TPSA) is 30.5 Å². The van der Waals surface area contributed by atoms with Crippen molar-refractivity contribution in [1.29, 1.82) is 0 Å². The van der Waals surface area contributed by atoms with Gasteiger partial charge in [0.15, 0.2) is 11.5 Å². The highest BCUT2D eigenvalue weighted by Crippen LogP contribution is 2.33. The van der Waals surface area contributed by atoms with Crippen molar-refractivity contribution in [2.45, 2.75) is 44.9 Å². The summed E-state index contributed by atoms with van der Waals surface area (Å²) in [6, 6.07) is 11.0. The smallest absolute Gasteiger partial charge is 0.166 e. The van der Waals surface area contributed by atoms with Gasteiger partial charge in [-0.1, -0.05) is 42.6 Å². The van der Waals surface area contributed by atoms with Crippen LogP contribution in [0.5, 0.6) is 11.5 Å². The summed E-state index contributed by atoms with van der Waals surface area (Å²) in [6.07, 6.45) is 4.99. The number of ether oxygens (including phenoxy) is 2. The Hall–Kier alpha value is -1.78. The minimum absolute atomic E-state index is 0.0578. The van der Waals surface area contributed by atoms with Crippen molar-refractivity contribution < 1.29 is 13.9 Å². The van der Waals surface area contributed by atoms with E-state index in [0.29, 0.717) is 34.7 Å². The largest absolute Gasteiger partial charge is 0.493 e. The molecule has 1 saturated carbocycles. The van der Waals surface area contributed by atoms with Crippen LogP contribution < -0.4 is 14.8 Å². The van der Waals surface area contributed by atoms with Gasteiger partial charge in [-0.2, -0.15) is 0 Å². The van der Waals surface area contributed by atoms with Crippen LogP contribution in [-0.4, -0.2) is 13.2 Å². The molecule has 0 amide bonds. The van der Waals surface area contributed by atoms with Crippen LogP contribution in [0.25, 0.3) is 0 Å². The van der Waals surface area contributed by atoms with E-state index in [-0.39, 0.29) is 12.4 Å². The molecule has 3 nitrogen and oxygen atoms in total. The van der Waals surface area contributed by atoms with Gasteiger partial charge >= 0.3 is 0 Å². The quantitative estimate of drug-likeness (QED) is 0.742. The second-order valence-corrected chi connectivity index (χ2v) is 6.71. The van der Waals surface area contributed by atoms with Gasteiger partial charge in [0, 0.05) is 23.7 Å². The molecule has 0 saturated heterocycles. The molecule has 0 aromatic heterocycles. The number of rotatable bonds is 7. The first-order valence-corrected chi connectivity index (χ1v) is 9.01. The van der Waals surface area contributed by atoms with Crippen LogP contribution >= 0.6 is 11.6 Å². The Bertz CT molecular complexity index is 697. The van der Waals surface area contributed by atoms with Gasteiger partial charge in [-0.15, -0.1) is 0 Å². The number of benzene rings is 2. The Morgan fingerprint density at radius 2 is 1.92 bits per heavy atom. The van der Waals surface area contributed by atoms with Crippen LogP contribution in [-0.2, 0) is 13.2 Å². The van der Waals surface area contributed by atoms with E-state index in [1.54, 1.807) is 19.2 Å². The summed E-state index contributed by atoms with van der Waals surface area (Å²) in [4.78, 5) is 0. The maximum atomic E-state index is 14.0. The van der Waals surface area contributed by atoms with Crippen molar-refractivity contribution >= 4 is 11.6 Å². The fourth-order valence-electron chi connectivity index (χ4n) is 3.22. The van der Waals surface area contributed by atoms with E-state index in [9.17, 15) is 4.39 Å². The Labute approximate surface area is 153 Å². The molecule has 5 heteroatoms. The average molecular weight is 364 g/mol. The predicted molar refractivity (Wildman–Crippen MR) is 97.8 cm³/mol. The second-order valence-electron chi connectivity index (χ2n) is 6.30. The van der Waals surface area contributed by atoms with E-state index >= 15 is 0 Å². The van der Waals surface area contributed by atoms with Crippen molar-refractivity contribution in [3.8, 4) is 11.5 Å². The average Bonchev–Trinajstić information content (AvgIpc) is 3.13. The zero-order valence-corrected chi connectivity index (χ0v) is 15.1. The fourth-order valence-corrected chi connectivity index (χ4v) is 3.44. The number of hydrogen-bond donors (Lipinski definition) is 1. The number of hydrogen-bond acceptors (Lipinski definition) is 3. The van der Waals surface area contributed by atoms with Crippen LogP contribution in [0.4, 0.5) is 4.39 Å². The fraction of sp³-hybridized carbons (Fsp3) is 0.400. The first-order valence-electron chi connectivity index (χ1n) is 8.64. The van der Waals surface area contributed by atoms with Gasteiger partial charge < -0.3 is 14.8 Å². The lowest BCUT2D eigenvalue weighted by molar-refractivity contribution is 0.275. The van der Waals surface area contributed by atoms with Gasteiger partial charge in [0.1, 0.15) is 12.4 Å². The standard InChI is InChI=1S/C20H23ClFNO2/c1-24-19-11-4-6-14(12-23-15-7-2-3-8-15)20(19)25-13-16-17(21)9-5-10-18(16)22/h4-6,9-11,15,23H,2-3,7-8,12-13H2,1H3. The summed E-state index contributed by atoms with van der Waals surface area (Å²) >= 11 is 6.09. The molecule has 1 N–H and O–H groups in total. The summed E-state index contributed by atoms with van der Waals surface area (Å²) in [7, 11) is 1.60. The van der Waals surface area contributed by atoms with Crippen molar-refractivity contribution in [3.63, 3.8) is 0 Å². The predicted octanol–water partition coefficient (Wildman–Crippen LogP) is 5.10. The Morgan fingerprint density at radius 3 is 2.64 bits per heavy atom. The Morgan fingerprint density at radius 1 is 1.16 bits per heavy atom. The van der Waals surface area contributed by atoms with E-state index in [2.05, 4.69) is 5.32 Å². The summed E-state index contributed by atoms with van der Waals surface area (Å²) in [5.41, 5.74) is 1.35. The zero-order valence-electron chi connectivity index (χ0n) is 14.4. The van der Waals surface area contributed by atoms with Crippen LogP contribution in [0, 0.1) is 5.82 Å². The molecule has 2 aromatic carbocycles. The Kier molecular flexibility index (Phi) is 6.16. The van der Waals surface area contributed by atoms with Crippen molar-refractivity contribution in [2.75, 3.05) is 7.11 Å². The molecule has 0 atom stereocenters. The number of methoxy groups -OCH3 is 1. The highest BCUT2D eigenvalue weighted by atomic mass is 35.5. The lowest BCUT2D eigenvalue weighted by Gasteiger charge is -2.18. The zero-order chi connectivity index (χ0) is 17.6. The third-order valence-corrected chi connectivity index (χ3v) is 4.99. The molecule has 2 aromatic rings. The first kappa shape index (κ1) is 18.0. The van der Waals surface area contributed by atoms with Gasteiger partial charge in [-0.25, -0.2) is 4.39 Å². The van der Waals surface area contributed by atoms with E-state index < -0.39 is 0 Å². The highest BCUT2D eigenvalue weighted by molar-refractivity contribution is 6.31. The number of para-hydroxylation sites is 1. The van der Waals surface area contributed by atoms with Crippen LogP contribution in [0.2, 0.25) is 5.02 Å². The molecular weight excluding hydrogens is 341 g/mol. The van der Waals surface area contributed by atoms with Gasteiger partial charge in [0.05, 0.1) is 12.1 Å². The maximum Gasteiger partial charge on any atom is 0.166 e. The molecule has 0 spiro atoms. The van der Waals surface area contributed by atoms with E-state index in [4.69, 9.17) is 21.1 Å². The van der Waals surface area contributed by atoms with Crippen LogP contribution in [0.15, 0.2) is 36.4 Å². The molecule has 0 aliphatic heterocycles. The van der Waals surface area contributed by atoms with E-state index in [1.807, 2.05) is 18.2 Å². The van der Waals surface area contributed by atoms with Gasteiger partial charge in [-0.05, 0) is 31.0 Å². The van der Waals surface area contributed by atoms with Crippen LogP contribution in [0.1, 0.15) is 36.8 Å². The molecule has 1 aliphatic rings. The third-order valence-electron chi connectivity index (χ3n) is 4.64. The molecule has 0 radical (unpaired) electrons. The molecule has 1 fully saturated rings. The van der Waals surface area contributed by atoms with E-state index in [0.717, 1.165) is 5.56 Å². The van der Waals surface area contributed by atoms with Crippen molar-refractivity contribution in [2.24, 2.45) is 0 Å². The third kappa shape index (κ3) is 4.44. The SMILES string of the molecule is COc1cccc(CNC2CCCC2)c1OCc1c(F)cccc1Cl. The summed E-state index contributed by atoms with van der Waals surface area (Å²) in [5, 5.41) is 3.94. The summed E-state index contributed by atoms with van der Waals surface area (Å²) < 4.78 is 25.3. The first-order chi connectivity index (χ1) is 12.2. The minimum atomic E-state index is -0.368. The van der Waals surface area contributed by atoms with Gasteiger partial charge in [-0.3, -0.25) is 0 Å². The molecule has 0 heterocycles. The lowest BCUT2D eigenvalue weighted by atomic mass is 10.1. The molecule has 25 heavy (non-hydrogen) atoms. The maximum absolute atomic E-state index is 14.0. The van der Waals surface area contributed by atoms with E-state index in [1.165, 1.54) is 31.7 Å². The molecule has 0 unspecified atom stereocenters. The number of halogens is 2. The molecular formula is C20H23ClFNO2. The highest BCUT2D eigenvalue weighted by Gasteiger charge is 2.17. The molecule has 1 aliphatic carbocycles. The second kappa shape index (κ2) is 8.54. The summed E-state index contributed by atoms with van der Waals surface area (Å²) in [6.45, 7) is 0.754. The monoisotopic (exact) mass is 363 g/mol.